The molecule has 0 heterocycles. The minimum atomic E-state index is 0.524. The largest absolute Gasteiger partial charge is 0.487 e. The highest BCUT2D eigenvalue weighted by atomic mass is 79.9. The SMILES string of the molecule is Cc1ccc(Cl)c(OCc2ccc(Br)cc2)c1. The van der Waals surface area contributed by atoms with Gasteiger partial charge in [-0.3, -0.25) is 0 Å². The third-order valence-corrected chi connectivity index (χ3v) is 3.24. The fraction of sp³-hybridized carbons (Fsp3) is 0.143. The number of ether oxygens (including phenoxy) is 1. The highest BCUT2D eigenvalue weighted by Gasteiger charge is 2.02. The number of halogens is 2. The summed E-state index contributed by atoms with van der Waals surface area (Å²) in [6.07, 6.45) is 0. The fourth-order valence-electron chi connectivity index (χ4n) is 1.46. The van der Waals surface area contributed by atoms with Crippen molar-refractivity contribution in [3.63, 3.8) is 0 Å². The number of hydrogen-bond acceptors (Lipinski definition) is 1. The van der Waals surface area contributed by atoms with E-state index in [1.807, 2.05) is 49.4 Å². The van der Waals surface area contributed by atoms with Gasteiger partial charge in [0.05, 0.1) is 5.02 Å². The van der Waals surface area contributed by atoms with E-state index in [0.29, 0.717) is 11.6 Å². The van der Waals surface area contributed by atoms with Crippen LogP contribution in [-0.4, -0.2) is 0 Å². The van der Waals surface area contributed by atoms with Crippen molar-refractivity contribution >= 4 is 27.5 Å². The molecule has 0 aliphatic rings. The van der Waals surface area contributed by atoms with Crippen LogP contribution in [0.25, 0.3) is 0 Å². The summed E-state index contributed by atoms with van der Waals surface area (Å²) in [5.74, 6) is 0.731. The Morgan fingerprint density at radius 2 is 1.82 bits per heavy atom. The molecule has 0 amide bonds. The second-order valence-corrected chi connectivity index (χ2v) is 5.17. The summed E-state index contributed by atoms with van der Waals surface area (Å²) in [6.45, 7) is 2.54. The Hall–Kier alpha value is -0.990. The zero-order valence-electron chi connectivity index (χ0n) is 9.41. The van der Waals surface area contributed by atoms with E-state index in [1.54, 1.807) is 0 Å². The molecule has 0 fully saturated rings. The van der Waals surface area contributed by atoms with Gasteiger partial charge in [0.2, 0.25) is 0 Å². The third kappa shape index (κ3) is 3.48. The summed E-state index contributed by atoms with van der Waals surface area (Å²) in [5.41, 5.74) is 2.26. The maximum atomic E-state index is 6.06. The summed E-state index contributed by atoms with van der Waals surface area (Å²) in [7, 11) is 0. The van der Waals surface area contributed by atoms with Crippen LogP contribution in [0.5, 0.6) is 5.75 Å². The van der Waals surface area contributed by atoms with E-state index in [-0.39, 0.29) is 0 Å². The predicted molar refractivity (Wildman–Crippen MR) is 74.7 cm³/mol. The average molecular weight is 312 g/mol. The summed E-state index contributed by atoms with van der Waals surface area (Å²) in [4.78, 5) is 0. The molecule has 0 saturated heterocycles. The molecule has 0 bridgehead atoms. The predicted octanol–water partition coefficient (Wildman–Crippen LogP) is 4.99. The van der Waals surface area contributed by atoms with E-state index in [2.05, 4.69) is 15.9 Å². The number of hydrogen-bond donors (Lipinski definition) is 0. The van der Waals surface area contributed by atoms with Crippen molar-refractivity contribution in [2.45, 2.75) is 13.5 Å². The molecule has 1 nitrogen and oxygen atoms in total. The minimum absolute atomic E-state index is 0.524. The molecular weight excluding hydrogens is 300 g/mol. The highest BCUT2D eigenvalue weighted by molar-refractivity contribution is 9.10. The minimum Gasteiger partial charge on any atom is -0.487 e. The van der Waals surface area contributed by atoms with Crippen LogP contribution in [0.3, 0.4) is 0 Å². The molecule has 0 saturated carbocycles. The summed E-state index contributed by atoms with van der Waals surface area (Å²) < 4.78 is 6.76. The molecule has 2 aromatic carbocycles. The van der Waals surface area contributed by atoms with Crippen LogP contribution in [-0.2, 0) is 6.61 Å². The molecule has 0 aliphatic carbocycles. The van der Waals surface area contributed by atoms with Crippen molar-refractivity contribution < 1.29 is 4.74 Å². The summed E-state index contributed by atoms with van der Waals surface area (Å²) >= 11 is 9.46. The van der Waals surface area contributed by atoms with Crippen molar-refractivity contribution in [2.75, 3.05) is 0 Å². The molecular formula is C14H12BrClO. The van der Waals surface area contributed by atoms with E-state index in [1.165, 1.54) is 0 Å². The molecule has 0 unspecified atom stereocenters. The van der Waals surface area contributed by atoms with Gasteiger partial charge in [-0.05, 0) is 42.3 Å². The van der Waals surface area contributed by atoms with Crippen LogP contribution in [0.4, 0.5) is 0 Å². The monoisotopic (exact) mass is 310 g/mol. The number of benzene rings is 2. The molecule has 2 aromatic rings. The fourth-order valence-corrected chi connectivity index (χ4v) is 1.90. The first-order valence-corrected chi connectivity index (χ1v) is 6.45. The van der Waals surface area contributed by atoms with Gasteiger partial charge in [0.25, 0.3) is 0 Å². The van der Waals surface area contributed by atoms with Crippen LogP contribution >= 0.6 is 27.5 Å². The van der Waals surface area contributed by atoms with Gasteiger partial charge < -0.3 is 4.74 Å². The van der Waals surface area contributed by atoms with Crippen LogP contribution in [0.15, 0.2) is 46.9 Å². The van der Waals surface area contributed by atoms with Crippen molar-refractivity contribution in [1.29, 1.82) is 0 Å². The van der Waals surface area contributed by atoms with Crippen LogP contribution < -0.4 is 4.74 Å². The van der Waals surface area contributed by atoms with Crippen molar-refractivity contribution in [3.05, 3.63) is 63.1 Å². The molecule has 0 aromatic heterocycles. The van der Waals surface area contributed by atoms with Gasteiger partial charge in [-0.15, -0.1) is 0 Å². The Kier molecular flexibility index (Phi) is 4.08. The van der Waals surface area contributed by atoms with E-state index in [9.17, 15) is 0 Å². The zero-order chi connectivity index (χ0) is 12.3. The molecule has 2 rings (SSSR count). The van der Waals surface area contributed by atoms with Crippen molar-refractivity contribution in [1.82, 2.24) is 0 Å². The Morgan fingerprint density at radius 1 is 1.12 bits per heavy atom. The molecule has 0 spiro atoms. The Morgan fingerprint density at radius 3 is 2.53 bits per heavy atom. The zero-order valence-corrected chi connectivity index (χ0v) is 11.8. The Labute approximate surface area is 115 Å². The van der Waals surface area contributed by atoms with Crippen molar-refractivity contribution in [2.24, 2.45) is 0 Å². The van der Waals surface area contributed by atoms with E-state index >= 15 is 0 Å². The third-order valence-electron chi connectivity index (χ3n) is 2.39. The molecule has 17 heavy (non-hydrogen) atoms. The van der Waals surface area contributed by atoms with E-state index in [0.717, 1.165) is 21.3 Å². The van der Waals surface area contributed by atoms with Crippen molar-refractivity contribution in [3.8, 4) is 5.75 Å². The van der Waals surface area contributed by atoms with Crippen LogP contribution in [0.2, 0.25) is 5.02 Å². The summed E-state index contributed by atoms with van der Waals surface area (Å²) in [6, 6.07) is 13.8. The smallest absolute Gasteiger partial charge is 0.138 e. The lowest BCUT2D eigenvalue weighted by atomic mass is 10.2. The van der Waals surface area contributed by atoms with Gasteiger partial charge in [-0.2, -0.15) is 0 Å². The first-order valence-electron chi connectivity index (χ1n) is 5.28. The second kappa shape index (κ2) is 5.56. The van der Waals surface area contributed by atoms with Crippen LogP contribution in [0, 0.1) is 6.92 Å². The molecule has 88 valence electrons. The lowest BCUT2D eigenvalue weighted by Crippen LogP contribution is -1.96. The topological polar surface area (TPSA) is 9.23 Å². The van der Waals surface area contributed by atoms with Gasteiger partial charge in [0.15, 0.2) is 0 Å². The van der Waals surface area contributed by atoms with E-state index < -0.39 is 0 Å². The standard InChI is InChI=1S/C14H12BrClO/c1-10-2-7-13(16)14(8-10)17-9-11-3-5-12(15)6-4-11/h2-8H,9H2,1H3. The molecule has 0 aliphatic heterocycles. The maximum Gasteiger partial charge on any atom is 0.138 e. The molecule has 0 N–H and O–H groups in total. The van der Waals surface area contributed by atoms with E-state index in [4.69, 9.17) is 16.3 Å². The second-order valence-electron chi connectivity index (χ2n) is 3.85. The Bertz CT molecular complexity index is 508. The quantitative estimate of drug-likeness (QED) is 0.776. The normalized spacial score (nSPS) is 10.3. The first kappa shape index (κ1) is 12.5. The first-order chi connectivity index (χ1) is 8.15. The van der Waals surface area contributed by atoms with Gasteiger partial charge in [-0.1, -0.05) is 45.7 Å². The van der Waals surface area contributed by atoms with Gasteiger partial charge in [-0.25, -0.2) is 0 Å². The number of rotatable bonds is 3. The average Bonchev–Trinajstić information content (AvgIpc) is 2.32. The van der Waals surface area contributed by atoms with Gasteiger partial charge in [0.1, 0.15) is 12.4 Å². The Balaban J connectivity index is 2.07. The number of aryl methyl sites for hydroxylation is 1. The lowest BCUT2D eigenvalue weighted by molar-refractivity contribution is 0.306. The summed E-state index contributed by atoms with van der Waals surface area (Å²) in [5, 5.41) is 0.646. The van der Waals surface area contributed by atoms with Gasteiger partial charge >= 0.3 is 0 Å². The maximum absolute atomic E-state index is 6.06. The highest BCUT2D eigenvalue weighted by Crippen LogP contribution is 2.26. The van der Waals surface area contributed by atoms with Gasteiger partial charge in [0, 0.05) is 4.47 Å². The lowest BCUT2D eigenvalue weighted by Gasteiger charge is -2.09. The molecule has 3 heteroatoms. The molecule has 0 radical (unpaired) electrons. The molecule has 0 atom stereocenters. The van der Waals surface area contributed by atoms with Crippen LogP contribution in [0.1, 0.15) is 11.1 Å².